The van der Waals surface area contributed by atoms with Crippen LogP contribution in [0.5, 0.6) is 0 Å². The highest BCUT2D eigenvalue weighted by molar-refractivity contribution is 7.89. The maximum Gasteiger partial charge on any atom is 0.453 e. The smallest absolute Gasteiger partial charge is 0.364 e. The van der Waals surface area contributed by atoms with Gasteiger partial charge in [-0.3, -0.25) is 0 Å². The molecule has 1 aromatic carbocycles. The summed E-state index contributed by atoms with van der Waals surface area (Å²) in [5.41, 5.74) is 1.54. The van der Waals surface area contributed by atoms with Gasteiger partial charge in [-0.1, -0.05) is 18.2 Å². The molecule has 0 radical (unpaired) electrons. The fourth-order valence-electron chi connectivity index (χ4n) is 2.75. The topological polar surface area (TPSA) is 92.5 Å². The Morgan fingerprint density at radius 3 is 2.38 bits per heavy atom. The van der Waals surface area contributed by atoms with Crippen LogP contribution in [0.25, 0.3) is 5.65 Å². The van der Waals surface area contributed by atoms with E-state index in [4.69, 9.17) is 0 Å². The maximum atomic E-state index is 13.2. The highest BCUT2D eigenvalue weighted by Crippen LogP contribution is 2.30. The van der Waals surface area contributed by atoms with Crippen molar-refractivity contribution in [1.82, 2.24) is 24.1 Å². The van der Waals surface area contributed by atoms with Gasteiger partial charge in [0.15, 0.2) is 11.5 Å². The summed E-state index contributed by atoms with van der Waals surface area (Å²) in [6, 6.07) is 6.39. The molecule has 2 aromatic heterocycles. The first-order chi connectivity index (χ1) is 13.4. The van der Waals surface area contributed by atoms with Crippen LogP contribution in [-0.2, 0) is 22.7 Å². The van der Waals surface area contributed by atoms with E-state index in [1.807, 2.05) is 0 Å². The molecule has 8 nitrogen and oxygen atoms in total. The predicted octanol–water partition coefficient (Wildman–Crippen LogP) is 2.62. The van der Waals surface area contributed by atoms with Gasteiger partial charge < -0.3 is 5.32 Å². The van der Waals surface area contributed by atoms with Crippen LogP contribution < -0.4 is 5.32 Å². The minimum atomic E-state index is -4.71. The maximum absolute atomic E-state index is 13.2. The summed E-state index contributed by atoms with van der Waals surface area (Å²) >= 11 is 0. The summed E-state index contributed by atoms with van der Waals surface area (Å²) in [6.07, 6.45) is -4.71. The number of hydrogen-bond donors (Lipinski definition) is 1. The van der Waals surface area contributed by atoms with E-state index >= 15 is 0 Å². The van der Waals surface area contributed by atoms with Crippen molar-refractivity contribution in [1.29, 1.82) is 0 Å². The standard InChI is InChI=1S/C17H19F3N6O2S/c1-10-11(2)15-22-23-16(17(18,19)20)26(15)24-14(10)21-9-12-7-5-6-8-13(12)29(27,28)25(3)4/h5-8H,9H2,1-4H3,(H,21,24). The number of aryl methyl sites for hydroxylation is 1. The lowest BCUT2D eigenvalue weighted by molar-refractivity contribution is -0.146. The zero-order valence-corrected chi connectivity index (χ0v) is 16.9. The molecule has 0 bridgehead atoms. The summed E-state index contributed by atoms with van der Waals surface area (Å²) in [4.78, 5) is 0.105. The Kier molecular flexibility index (Phi) is 5.26. The molecule has 0 unspecified atom stereocenters. The normalized spacial score (nSPS) is 12.7. The van der Waals surface area contributed by atoms with Gasteiger partial charge in [0.25, 0.3) is 5.82 Å². The fraction of sp³-hybridized carbons (Fsp3) is 0.353. The molecule has 29 heavy (non-hydrogen) atoms. The van der Waals surface area contributed by atoms with Crippen LogP contribution >= 0.6 is 0 Å². The second kappa shape index (κ2) is 7.26. The third-order valence-electron chi connectivity index (χ3n) is 4.52. The third kappa shape index (κ3) is 3.77. The molecule has 0 aliphatic rings. The number of anilines is 1. The molecule has 3 aromatic rings. The van der Waals surface area contributed by atoms with Crippen molar-refractivity contribution < 1.29 is 21.6 Å². The number of alkyl halides is 3. The lowest BCUT2D eigenvalue weighted by Crippen LogP contribution is -2.24. The van der Waals surface area contributed by atoms with E-state index in [1.54, 1.807) is 32.0 Å². The lowest BCUT2D eigenvalue weighted by Gasteiger charge is -2.17. The highest BCUT2D eigenvalue weighted by Gasteiger charge is 2.38. The Hall–Kier alpha value is -2.73. The molecule has 0 amide bonds. The van der Waals surface area contributed by atoms with Crippen LogP contribution in [0.4, 0.5) is 19.0 Å². The molecule has 0 aliphatic heterocycles. The summed E-state index contributed by atoms with van der Waals surface area (Å²) in [7, 11) is -0.835. The van der Waals surface area contributed by atoms with Gasteiger partial charge >= 0.3 is 6.18 Å². The van der Waals surface area contributed by atoms with E-state index in [2.05, 4.69) is 20.6 Å². The second-order valence-corrected chi connectivity index (χ2v) is 8.72. The van der Waals surface area contributed by atoms with Crippen LogP contribution in [0.3, 0.4) is 0 Å². The van der Waals surface area contributed by atoms with Crippen LogP contribution in [0.1, 0.15) is 22.5 Å². The highest BCUT2D eigenvalue weighted by atomic mass is 32.2. The van der Waals surface area contributed by atoms with E-state index in [-0.39, 0.29) is 22.9 Å². The van der Waals surface area contributed by atoms with E-state index in [9.17, 15) is 21.6 Å². The molecule has 0 aliphatic carbocycles. The first kappa shape index (κ1) is 21.0. The summed E-state index contributed by atoms with van der Waals surface area (Å²) in [5.74, 6) is -1.05. The third-order valence-corrected chi connectivity index (χ3v) is 6.44. The van der Waals surface area contributed by atoms with Gasteiger partial charge in [0.1, 0.15) is 0 Å². The van der Waals surface area contributed by atoms with Crippen LogP contribution in [0.2, 0.25) is 0 Å². The average Bonchev–Trinajstić information content (AvgIpc) is 3.08. The van der Waals surface area contributed by atoms with Gasteiger partial charge in [0, 0.05) is 26.2 Å². The molecule has 3 rings (SSSR count). The SMILES string of the molecule is Cc1c(NCc2ccccc2S(=O)(=O)N(C)C)nn2c(C(F)(F)F)nnc2c1C. The van der Waals surface area contributed by atoms with Crippen molar-refractivity contribution >= 4 is 21.5 Å². The van der Waals surface area contributed by atoms with Gasteiger partial charge in [-0.15, -0.1) is 15.3 Å². The van der Waals surface area contributed by atoms with Crippen molar-refractivity contribution in [3.05, 3.63) is 46.8 Å². The lowest BCUT2D eigenvalue weighted by atomic mass is 10.1. The van der Waals surface area contributed by atoms with Gasteiger partial charge in [0.2, 0.25) is 10.0 Å². The Morgan fingerprint density at radius 2 is 1.76 bits per heavy atom. The van der Waals surface area contributed by atoms with E-state index in [0.29, 0.717) is 21.2 Å². The first-order valence-corrected chi connectivity index (χ1v) is 9.92. The van der Waals surface area contributed by atoms with Crippen molar-refractivity contribution in [2.24, 2.45) is 0 Å². The van der Waals surface area contributed by atoms with Crippen LogP contribution in [0.15, 0.2) is 29.2 Å². The zero-order chi connectivity index (χ0) is 21.6. The van der Waals surface area contributed by atoms with E-state index in [1.165, 1.54) is 20.2 Å². The molecular formula is C17H19F3N6O2S. The fourth-order valence-corrected chi connectivity index (χ4v) is 3.87. The minimum absolute atomic E-state index is 0.0101. The first-order valence-electron chi connectivity index (χ1n) is 8.48. The molecule has 2 heterocycles. The number of sulfonamides is 1. The quantitative estimate of drug-likeness (QED) is 0.672. The molecule has 0 saturated heterocycles. The number of nitrogens with zero attached hydrogens (tertiary/aromatic N) is 5. The van der Waals surface area contributed by atoms with Gasteiger partial charge in [-0.2, -0.15) is 17.7 Å². The zero-order valence-electron chi connectivity index (χ0n) is 16.1. The molecule has 0 atom stereocenters. The Balaban J connectivity index is 2.02. The van der Waals surface area contributed by atoms with Crippen LogP contribution in [-0.4, -0.2) is 46.6 Å². The largest absolute Gasteiger partial charge is 0.453 e. The molecule has 156 valence electrons. The molecule has 0 saturated carbocycles. The molecular weight excluding hydrogens is 409 g/mol. The summed E-state index contributed by atoms with van der Waals surface area (Å²) in [6.45, 7) is 3.36. The number of nitrogens with one attached hydrogen (secondary N) is 1. The summed E-state index contributed by atoms with van der Waals surface area (Å²) < 4.78 is 66.3. The van der Waals surface area contributed by atoms with E-state index < -0.39 is 22.0 Å². The number of aromatic nitrogens is 4. The monoisotopic (exact) mass is 428 g/mol. The number of fused-ring (bicyclic) bond motifs is 1. The average molecular weight is 428 g/mol. The van der Waals surface area contributed by atoms with Gasteiger partial charge in [0.05, 0.1) is 4.90 Å². The number of rotatable bonds is 5. The molecule has 0 fully saturated rings. The van der Waals surface area contributed by atoms with Gasteiger partial charge in [-0.25, -0.2) is 12.7 Å². The molecule has 1 N–H and O–H groups in total. The van der Waals surface area contributed by atoms with Crippen LogP contribution in [0, 0.1) is 13.8 Å². The molecule has 0 spiro atoms. The number of halogens is 3. The minimum Gasteiger partial charge on any atom is -0.364 e. The Bertz CT molecular complexity index is 1170. The second-order valence-electron chi connectivity index (χ2n) is 6.60. The van der Waals surface area contributed by atoms with E-state index in [0.717, 1.165) is 4.31 Å². The predicted molar refractivity (Wildman–Crippen MR) is 99.9 cm³/mol. The van der Waals surface area contributed by atoms with Gasteiger partial charge in [-0.05, 0) is 31.0 Å². The number of hydrogen-bond acceptors (Lipinski definition) is 6. The van der Waals surface area contributed by atoms with Crippen molar-refractivity contribution in [2.45, 2.75) is 31.5 Å². The number of benzene rings is 1. The van der Waals surface area contributed by atoms with Crippen molar-refractivity contribution in [3.8, 4) is 0 Å². The molecule has 12 heteroatoms. The van der Waals surface area contributed by atoms with Crippen molar-refractivity contribution in [3.63, 3.8) is 0 Å². The van der Waals surface area contributed by atoms with Crippen molar-refractivity contribution in [2.75, 3.05) is 19.4 Å². The summed E-state index contributed by atoms with van der Waals surface area (Å²) in [5, 5.41) is 13.7. The Labute approximate surface area is 165 Å². The Morgan fingerprint density at radius 1 is 1.10 bits per heavy atom.